The maximum Gasteiger partial charge on any atom is 0.247 e. The van der Waals surface area contributed by atoms with E-state index >= 15 is 0 Å². The minimum atomic E-state index is -1.07. The van der Waals surface area contributed by atoms with Crippen molar-refractivity contribution in [3.05, 3.63) is 65.2 Å². The molecule has 54 heavy (non-hydrogen) atoms. The smallest absolute Gasteiger partial charge is 0.247 e. The summed E-state index contributed by atoms with van der Waals surface area (Å²) in [5.41, 5.74) is 4.44. The van der Waals surface area contributed by atoms with Crippen molar-refractivity contribution in [1.82, 2.24) is 15.5 Å². The zero-order chi connectivity index (χ0) is 36.6. The van der Waals surface area contributed by atoms with E-state index in [1.54, 1.807) is 4.90 Å². The number of hydrogen-bond donors (Lipinski definition) is 3. The largest absolute Gasteiger partial charge is 0.354 e. The second kappa shape index (κ2) is 24.3. The third kappa shape index (κ3) is 14.0. The molecule has 302 valence electrons. The van der Waals surface area contributed by atoms with Crippen molar-refractivity contribution in [3.8, 4) is 0 Å². The Labute approximate surface area is 340 Å². The predicted octanol–water partition coefficient (Wildman–Crippen LogP) is 10.5. The minimum absolute atomic E-state index is 0. The standard InChI is InChI=1S/C44H68N5O2P.2ClH/c1-4-7-28-52(29-8-5-2,30-9-6-3)34-35-24-26-40(27-25-35)46-43(51)41-31-36-18-16-17-19-37(36)33-49(41)42(50)32-45-44(47-38-20-12-10-13-21-38)48-39-22-14-11-15-23-39;;/h16-19,24-27,38-39,41H,4-15,20-23,28-34H2,1-3H3,(H2-,45,46,47,48,51);2*1H/p+1. The highest BCUT2D eigenvalue weighted by atomic mass is 35.5. The van der Waals surface area contributed by atoms with Crippen LogP contribution in [0.4, 0.5) is 5.69 Å². The highest BCUT2D eigenvalue weighted by Gasteiger charge is 2.37. The Morgan fingerprint density at radius 3 is 1.76 bits per heavy atom. The number of guanidine groups is 1. The van der Waals surface area contributed by atoms with Crippen molar-refractivity contribution in [3.63, 3.8) is 0 Å². The Morgan fingerprint density at radius 2 is 1.24 bits per heavy atom. The minimum Gasteiger partial charge on any atom is -0.354 e. The van der Waals surface area contributed by atoms with Crippen LogP contribution in [0.15, 0.2) is 53.5 Å². The van der Waals surface area contributed by atoms with Crippen LogP contribution in [0.25, 0.3) is 0 Å². The molecule has 2 aromatic carbocycles. The molecule has 1 heterocycles. The summed E-state index contributed by atoms with van der Waals surface area (Å²) >= 11 is 0. The average Bonchev–Trinajstić information content (AvgIpc) is 3.18. The molecule has 3 N–H and O–H groups in total. The van der Waals surface area contributed by atoms with E-state index < -0.39 is 13.3 Å². The zero-order valence-corrected chi connectivity index (χ0v) is 36.1. The SMILES string of the molecule is CCCC[P+](CCCC)(CCCC)Cc1ccc(NC(=O)C2Cc3ccccc3CN2C(=O)CN=C(NC2CCCCC2)NC2CCCCC2)cc1.Cl.Cl. The van der Waals surface area contributed by atoms with Crippen LogP contribution >= 0.6 is 32.1 Å². The van der Waals surface area contributed by atoms with Crippen LogP contribution in [0, 0.1) is 0 Å². The van der Waals surface area contributed by atoms with Gasteiger partial charge in [-0.15, -0.1) is 24.8 Å². The number of hydrogen-bond acceptors (Lipinski definition) is 3. The molecule has 5 rings (SSSR count). The first-order valence-electron chi connectivity index (χ1n) is 21.1. The highest BCUT2D eigenvalue weighted by molar-refractivity contribution is 7.75. The molecule has 2 aromatic rings. The van der Waals surface area contributed by atoms with Crippen LogP contribution in [-0.4, -0.2) is 65.8 Å². The molecule has 0 spiro atoms. The number of unbranched alkanes of at least 4 members (excludes halogenated alkanes) is 3. The summed E-state index contributed by atoms with van der Waals surface area (Å²) < 4.78 is 0. The second-order valence-corrected chi connectivity index (χ2v) is 20.4. The van der Waals surface area contributed by atoms with E-state index in [1.807, 2.05) is 12.1 Å². The zero-order valence-electron chi connectivity index (χ0n) is 33.6. The summed E-state index contributed by atoms with van der Waals surface area (Å²) in [6, 6.07) is 17.1. The van der Waals surface area contributed by atoms with E-state index in [9.17, 15) is 9.59 Å². The van der Waals surface area contributed by atoms with Gasteiger partial charge >= 0.3 is 0 Å². The molecule has 2 fully saturated rings. The third-order valence-corrected chi connectivity index (χ3v) is 16.7. The maximum absolute atomic E-state index is 14.1. The van der Waals surface area contributed by atoms with Crippen LogP contribution in [-0.2, 0) is 28.7 Å². The Hall–Kier alpha value is -2.34. The summed E-state index contributed by atoms with van der Waals surface area (Å²) in [5.74, 6) is 0.525. The van der Waals surface area contributed by atoms with Crippen molar-refractivity contribution in [2.75, 3.05) is 30.3 Å². The van der Waals surface area contributed by atoms with Crippen molar-refractivity contribution in [1.29, 1.82) is 0 Å². The van der Waals surface area contributed by atoms with Crippen LogP contribution in [0.5, 0.6) is 0 Å². The number of amides is 2. The molecular weight excluding hydrogens is 732 g/mol. The molecule has 2 amide bonds. The Balaban J connectivity index is 0.00000392. The Morgan fingerprint density at radius 1 is 0.722 bits per heavy atom. The van der Waals surface area contributed by atoms with Crippen LogP contribution < -0.4 is 16.0 Å². The highest BCUT2D eigenvalue weighted by Crippen LogP contribution is 2.63. The predicted molar refractivity (Wildman–Crippen MR) is 236 cm³/mol. The first kappa shape index (κ1) is 46.0. The number of benzene rings is 2. The van der Waals surface area contributed by atoms with Gasteiger partial charge in [-0.05, 0) is 73.8 Å². The van der Waals surface area contributed by atoms with E-state index in [1.165, 1.54) is 107 Å². The molecule has 1 aliphatic heterocycles. The molecule has 3 aliphatic rings. The first-order valence-corrected chi connectivity index (χ1v) is 23.6. The monoisotopic (exact) mass is 802 g/mol. The number of carbonyl (C=O) groups excluding carboxylic acids is 2. The van der Waals surface area contributed by atoms with Crippen LogP contribution in [0.2, 0.25) is 0 Å². The second-order valence-electron chi connectivity index (χ2n) is 16.1. The quantitative estimate of drug-likeness (QED) is 0.0845. The lowest BCUT2D eigenvalue weighted by atomic mass is 9.93. The van der Waals surface area contributed by atoms with E-state index in [0.717, 1.165) is 48.5 Å². The molecule has 2 saturated carbocycles. The lowest BCUT2D eigenvalue weighted by Gasteiger charge is -2.36. The van der Waals surface area contributed by atoms with Crippen LogP contribution in [0.3, 0.4) is 0 Å². The van der Waals surface area contributed by atoms with E-state index in [2.05, 4.69) is 73.1 Å². The normalized spacial score (nSPS) is 17.7. The number of halogens is 2. The molecule has 2 aliphatic carbocycles. The molecule has 10 heteroatoms. The summed E-state index contributed by atoms with van der Waals surface area (Å²) in [6.45, 7) is 7.40. The van der Waals surface area contributed by atoms with Gasteiger partial charge in [0.15, 0.2) is 5.96 Å². The molecule has 7 nitrogen and oxygen atoms in total. The number of aliphatic imine (C=N–C) groups is 1. The summed E-state index contributed by atoms with van der Waals surface area (Å²) in [4.78, 5) is 34.8. The molecule has 0 saturated heterocycles. The van der Waals surface area contributed by atoms with Crippen molar-refractivity contribution in [2.24, 2.45) is 4.99 Å². The number of nitrogens with one attached hydrogen (secondary N) is 3. The van der Waals surface area contributed by atoms with Gasteiger partial charge in [-0.1, -0.05) is 115 Å². The van der Waals surface area contributed by atoms with Gasteiger partial charge in [-0.25, -0.2) is 4.99 Å². The van der Waals surface area contributed by atoms with Gasteiger partial charge in [0.1, 0.15) is 12.6 Å². The summed E-state index contributed by atoms with van der Waals surface area (Å²) in [7, 11) is -1.07. The van der Waals surface area contributed by atoms with Gasteiger partial charge in [0.05, 0.1) is 24.6 Å². The van der Waals surface area contributed by atoms with Crippen molar-refractivity contribution < 1.29 is 9.59 Å². The van der Waals surface area contributed by atoms with Gasteiger partial charge in [0.2, 0.25) is 11.8 Å². The van der Waals surface area contributed by atoms with Crippen LogP contribution in [0.1, 0.15) is 140 Å². The number of carbonyl (C=O) groups is 2. The van der Waals surface area contributed by atoms with Gasteiger partial charge in [0, 0.05) is 38.0 Å². The van der Waals surface area contributed by atoms with Gasteiger partial charge < -0.3 is 20.9 Å². The lowest BCUT2D eigenvalue weighted by molar-refractivity contribution is -0.138. The van der Waals surface area contributed by atoms with E-state index in [-0.39, 0.29) is 43.2 Å². The van der Waals surface area contributed by atoms with E-state index in [0.29, 0.717) is 25.0 Å². The van der Waals surface area contributed by atoms with Gasteiger partial charge in [-0.2, -0.15) is 0 Å². The van der Waals surface area contributed by atoms with E-state index in [4.69, 9.17) is 4.99 Å². The van der Waals surface area contributed by atoms with Crippen molar-refractivity contribution in [2.45, 2.75) is 161 Å². The fourth-order valence-electron chi connectivity index (χ4n) is 8.63. The lowest BCUT2D eigenvalue weighted by Crippen LogP contribution is -2.52. The Kier molecular flexibility index (Phi) is 20.7. The Bertz CT molecular complexity index is 1380. The maximum atomic E-state index is 14.1. The number of fused-ring (bicyclic) bond motifs is 1. The third-order valence-electron chi connectivity index (χ3n) is 11.8. The molecular formula is C44H71Cl2N5O2P+. The fourth-order valence-corrected chi connectivity index (χ4v) is 13.7. The number of anilines is 1. The number of nitrogens with zero attached hydrogens (tertiary/aromatic N) is 2. The first-order chi connectivity index (χ1) is 25.4. The van der Waals surface area contributed by atoms with Crippen molar-refractivity contribution >= 4 is 55.5 Å². The average molecular weight is 804 g/mol. The van der Waals surface area contributed by atoms with Gasteiger partial charge in [0.25, 0.3) is 0 Å². The molecule has 0 aromatic heterocycles. The molecule has 0 radical (unpaired) electrons. The summed E-state index contributed by atoms with van der Waals surface area (Å²) in [6.07, 6.45) is 25.8. The molecule has 1 atom stereocenters. The summed E-state index contributed by atoms with van der Waals surface area (Å²) in [5, 5.41) is 10.6. The topological polar surface area (TPSA) is 85.8 Å². The molecule has 0 bridgehead atoms. The van der Waals surface area contributed by atoms with Gasteiger partial charge in [-0.3, -0.25) is 9.59 Å². The fraction of sp³-hybridized carbons (Fsp3) is 0.659. The molecule has 1 unspecified atom stereocenters. The number of rotatable bonds is 17.